The van der Waals surface area contributed by atoms with Gasteiger partial charge in [0.1, 0.15) is 0 Å². The second kappa shape index (κ2) is 5.31. The highest BCUT2D eigenvalue weighted by molar-refractivity contribution is 7.91. The Morgan fingerprint density at radius 2 is 2.11 bits per heavy atom. The number of hydrogen-bond acceptors (Lipinski definition) is 5. The minimum absolute atomic E-state index is 0.147. The van der Waals surface area contributed by atoms with Crippen LogP contribution in [0.1, 0.15) is 32.6 Å². The van der Waals surface area contributed by atoms with Crippen molar-refractivity contribution in [2.45, 2.75) is 55.5 Å². The molecule has 1 heterocycles. The van der Waals surface area contributed by atoms with E-state index in [1.165, 1.54) is 6.26 Å². The van der Waals surface area contributed by atoms with E-state index in [4.69, 9.17) is 10.5 Å². The summed E-state index contributed by atoms with van der Waals surface area (Å²) < 4.78 is 29.8. The molecule has 19 heavy (non-hydrogen) atoms. The quantitative estimate of drug-likeness (QED) is 0.811. The summed E-state index contributed by atoms with van der Waals surface area (Å²) in [5.41, 5.74) is 5.61. The Hall–Kier alpha value is -0.170. The van der Waals surface area contributed by atoms with E-state index < -0.39 is 15.4 Å². The van der Waals surface area contributed by atoms with Crippen molar-refractivity contribution in [3.63, 3.8) is 0 Å². The molecule has 0 aromatic rings. The maximum atomic E-state index is 12.1. The number of nitrogens with zero attached hydrogens (tertiary/aromatic N) is 1. The first-order valence-electron chi connectivity index (χ1n) is 7.06. The lowest BCUT2D eigenvalue weighted by Gasteiger charge is -2.45. The zero-order chi connectivity index (χ0) is 14.3. The Morgan fingerprint density at radius 3 is 2.58 bits per heavy atom. The molecule has 0 aromatic heterocycles. The minimum Gasteiger partial charge on any atom is -0.377 e. The molecule has 4 unspecified atom stereocenters. The zero-order valence-electron chi connectivity index (χ0n) is 12.1. The lowest BCUT2D eigenvalue weighted by atomic mass is 9.92. The van der Waals surface area contributed by atoms with Crippen molar-refractivity contribution in [3.8, 4) is 0 Å². The molecule has 0 radical (unpaired) electrons. The van der Waals surface area contributed by atoms with Gasteiger partial charge in [-0.3, -0.25) is 4.90 Å². The largest absolute Gasteiger partial charge is 0.377 e. The van der Waals surface area contributed by atoms with Crippen molar-refractivity contribution >= 4 is 9.84 Å². The molecule has 2 fully saturated rings. The topological polar surface area (TPSA) is 72.6 Å². The fraction of sp³-hybridized carbons (Fsp3) is 1.00. The highest BCUT2D eigenvalue weighted by atomic mass is 32.2. The molecule has 6 heteroatoms. The number of likely N-dealkylation sites (N-methyl/N-ethyl adjacent to an activating group) is 1. The van der Waals surface area contributed by atoms with Gasteiger partial charge < -0.3 is 10.5 Å². The molecule has 112 valence electrons. The van der Waals surface area contributed by atoms with Crippen molar-refractivity contribution in [3.05, 3.63) is 0 Å². The molecule has 0 bridgehead atoms. The Kier molecular flexibility index (Phi) is 4.26. The van der Waals surface area contributed by atoms with Crippen LogP contribution < -0.4 is 5.73 Å². The van der Waals surface area contributed by atoms with Gasteiger partial charge in [-0.15, -0.1) is 0 Å². The highest BCUT2D eigenvalue weighted by Crippen LogP contribution is 2.40. The second-order valence-corrected chi connectivity index (χ2v) is 8.29. The lowest BCUT2D eigenvalue weighted by molar-refractivity contribution is 0.0322. The van der Waals surface area contributed by atoms with Gasteiger partial charge in [0.15, 0.2) is 9.84 Å². The molecular formula is C13H26N2O3S. The molecule has 0 amide bonds. The Labute approximate surface area is 116 Å². The minimum atomic E-state index is -3.08. The molecule has 5 nitrogen and oxygen atoms in total. The molecule has 4 atom stereocenters. The van der Waals surface area contributed by atoms with Crippen LogP contribution in [-0.2, 0) is 14.6 Å². The Morgan fingerprint density at radius 1 is 1.42 bits per heavy atom. The van der Waals surface area contributed by atoms with Gasteiger partial charge in [-0.2, -0.15) is 0 Å². The highest BCUT2D eigenvalue weighted by Gasteiger charge is 2.52. The van der Waals surface area contributed by atoms with Crippen molar-refractivity contribution in [2.75, 3.05) is 26.5 Å². The van der Waals surface area contributed by atoms with Crippen LogP contribution in [0.25, 0.3) is 0 Å². The van der Waals surface area contributed by atoms with Crippen LogP contribution in [0.2, 0.25) is 0 Å². The number of hydrogen-bond donors (Lipinski definition) is 1. The van der Waals surface area contributed by atoms with Gasteiger partial charge in [0.25, 0.3) is 0 Å². The van der Waals surface area contributed by atoms with Crippen molar-refractivity contribution in [1.29, 1.82) is 0 Å². The van der Waals surface area contributed by atoms with Crippen LogP contribution in [0.15, 0.2) is 0 Å². The number of ether oxygens (including phenoxy) is 1. The zero-order valence-corrected chi connectivity index (χ0v) is 12.9. The smallest absolute Gasteiger partial charge is 0.152 e. The SMILES string of the molecule is CC1OCCC1N(C)C1(CN)CCCC1S(C)(=O)=O. The van der Waals surface area contributed by atoms with Gasteiger partial charge in [-0.1, -0.05) is 6.42 Å². The monoisotopic (exact) mass is 290 g/mol. The van der Waals surface area contributed by atoms with E-state index in [0.717, 1.165) is 32.3 Å². The average molecular weight is 290 g/mol. The van der Waals surface area contributed by atoms with Gasteiger partial charge in [0.05, 0.1) is 11.4 Å². The van der Waals surface area contributed by atoms with Gasteiger partial charge in [-0.05, 0) is 33.2 Å². The van der Waals surface area contributed by atoms with Crippen LogP contribution >= 0.6 is 0 Å². The summed E-state index contributed by atoms with van der Waals surface area (Å²) in [4.78, 5) is 2.21. The first-order valence-corrected chi connectivity index (χ1v) is 9.02. The summed E-state index contributed by atoms with van der Waals surface area (Å²) in [5, 5.41) is -0.345. The first kappa shape index (κ1) is 15.2. The summed E-state index contributed by atoms with van der Waals surface area (Å²) in [6.45, 7) is 3.20. The molecule has 2 N–H and O–H groups in total. The van der Waals surface area contributed by atoms with E-state index in [-0.39, 0.29) is 17.4 Å². The molecule has 1 saturated carbocycles. The van der Waals surface area contributed by atoms with Crippen LogP contribution in [-0.4, -0.2) is 62.7 Å². The summed E-state index contributed by atoms with van der Waals surface area (Å²) in [6, 6.07) is 0.269. The van der Waals surface area contributed by atoms with Crippen LogP contribution in [0.4, 0.5) is 0 Å². The maximum absolute atomic E-state index is 12.1. The Bertz CT molecular complexity index is 426. The van der Waals surface area contributed by atoms with Gasteiger partial charge in [0.2, 0.25) is 0 Å². The predicted octanol–water partition coefficient (Wildman–Crippen LogP) is 0.390. The van der Waals surface area contributed by atoms with Crippen LogP contribution in [0.3, 0.4) is 0 Å². The van der Waals surface area contributed by atoms with E-state index in [1.54, 1.807) is 0 Å². The molecule has 1 aliphatic heterocycles. The molecule has 0 spiro atoms. The van der Waals surface area contributed by atoms with Crippen molar-refractivity contribution in [2.24, 2.45) is 5.73 Å². The third-order valence-corrected chi connectivity index (χ3v) is 6.79. The number of rotatable bonds is 4. The fourth-order valence-corrected chi connectivity index (χ4v) is 5.75. The van der Waals surface area contributed by atoms with E-state index in [2.05, 4.69) is 11.8 Å². The summed E-state index contributed by atoms with van der Waals surface area (Å²) in [5.74, 6) is 0. The third-order valence-electron chi connectivity index (χ3n) is 5.08. The molecule has 2 rings (SSSR count). The molecular weight excluding hydrogens is 264 g/mol. The predicted molar refractivity (Wildman–Crippen MR) is 75.9 cm³/mol. The van der Waals surface area contributed by atoms with Gasteiger partial charge in [0, 0.05) is 31.0 Å². The van der Waals surface area contributed by atoms with Crippen LogP contribution in [0.5, 0.6) is 0 Å². The van der Waals surface area contributed by atoms with Gasteiger partial charge >= 0.3 is 0 Å². The third kappa shape index (κ3) is 2.55. The van der Waals surface area contributed by atoms with E-state index >= 15 is 0 Å². The summed E-state index contributed by atoms with van der Waals surface area (Å²) in [6.07, 6.45) is 4.96. The first-order chi connectivity index (χ1) is 8.83. The fourth-order valence-electron chi connectivity index (χ4n) is 3.98. The molecule has 1 saturated heterocycles. The van der Waals surface area contributed by atoms with Crippen LogP contribution in [0, 0.1) is 0 Å². The summed E-state index contributed by atoms with van der Waals surface area (Å²) >= 11 is 0. The number of nitrogens with two attached hydrogens (primary N) is 1. The van der Waals surface area contributed by atoms with Crippen molar-refractivity contribution in [1.82, 2.24) is 4.90 Å². The maximum Gasteiger partial charge on any atom is 0.152 e. The Balaban J connectivity index is 2.31. The van der Waals surface area contributed by atoms with E-state index in [1.807, 2.05) is 7.05 Å². The molecule has 0 aromatic carbocycles. The van der Waals surface area contributed by atoms with E-state index in [9.17, 15) is 8.42 Å². The average Bonchev–Trinajstić information content (AvgIpc) is 2.93. The van der Waals surface area contributed by atoms with Gasteiger partial charge in [-0.25, -0.2) is 8.42 Å². The lowest BCUT2D eigenvalue weighted by Crippen LogP contribution is -2.62. The molecule has 2 aliphatic rings. The second-order valence-electron chi connectivity index (χ2n) is 6.06. The standard InChI is InChI=1S/C13H26N2O3S/c1-10-11(6-8-18-10)15(2)13(9-14)7-4-5-12(13)19(3,16)17/h10-12H,4-9,14H2,1-3H3. The number of sulfone groups is 1. The van der Waals surface area contributed by atoms with E-state index in [0.29, 0.717) is 6.54 Å². The summed E-state index contributed by atoms with van der Waals surface area (Å²) in [7, 11) is -1.06. The van der Waals surface area contributed by atoms with Crippen molar-refractivity contribution < 1.29 is 13.2 Å². The molecule has 1 aliphatic carbocycles. The normalized spacial score (nSPS) is 40.2.